The maximum Gasteiger partial charge on any atom is 0.217 e. The van der Waals surface area contributed by atoms with Crippen LogP contribution in [0.5, 0.6) is 11.5 Å². The maximum absolute atomic E-state index is 10.8. The highest BCUT2D eigenvalue weighted by Gasteiger charge is 2.18. The van der Waals surface area contributed by atoms with E-state index < -0.39 is 0 Å². The zero-order valence-corrected chi connectivity index (χ0v) is 11.3. The van der Waals surface area contributed by atoms with Gasteiger partial charge in [-0.05, 0) is 18.1 Å². The van der Waals surface area contributed by atoms with Crippen molar-refractivity contribution in [2.45, 2.75) is 25.3 Å². The Bertz CT molecular complexity index is 479. The molecule has 0 radical (unpaired) electrons. The summed E-state index contributed by atoms with van der Waals surface area (Å²) in [5, 5.41) is 0.515. The molecule has 0 fully saturated rings. The van der Waals surface area contributed by atoms with Crippen molar-refractivity contribution < 1.29 is 14.3 Å². The summed E-state index contributed by atoms with van der Waals surface area (Å²) >= 11 is 6.19. The number of carbonyl (C=O) groups is 1. The number of rotatable bonds is 4. The Morgan fingerprint density at radius 1 is 1.32 bits per heavy atom. The first-order valence-corrected chi connectivity index (χ1v) is 6.58. The Morgan fingerprint density at radius 2 is 1.95 bits per heavy atom. The number of carbonyl (C=O) groups excluding carboxylic acids is 1. The van der Waals surface area contributed by atoms with Crippen molar-refractivity contribution in [2.75, 3.05) is 13.2 Å². The second-order valence-electron chi connectivity index (χ2n) is 4.48. The molecule has 1 unspecified atom stereocenters. The Kier molecular flexibility index (Phi) is 4.50. The Labute approximate surface area is 116 Å². The van der Waals surface area contributed by atoms with E-state index in [0.29, 0.717) is 36.2 Å². The average Bonchev–Trinajstić information content (AvgIpc) is 2.59. The van der Waals surface area contributed by atoms with E-state index in [2.05, 4.69) is 0 Å². The molecule has 1 aliphatic rings. The van der Waals surface area contributed by atoms with E-state index in [9.17, 15) is 4.79 Å². The fraction of sp³-hybridized carbons (Fsp3) is 0.462. The maximum atomic E-state index is 10.8. The summed E-state index contributed by atoms with van der Waals surface area (Å²) in [6.45, 7) is 1.21. The lowest BCUT2D eigenvalue weighted by atomic mass is 10.0. The molecular formula is C13H17ClN2O3. The lowest BCUT2D eigenvalue weighted by Gasteiger charge is -2.16. The van der Waals surface area contributed by atoms with E-state index in [1.165, 1.54) is 0 Å². The van der Waals surface area contributed by atoms with E-state index in [1.807, 2.05) is 0 Å². The van der Waals surface area contributed by atoms with Crippen LogP contribution in [0.3, 0.4) is 0 Å². The van der Waals surface area contributed by atoms with Gasteiger partial charge in [-0.1, -0.05) is 11.6 Å². The summed E-state index contributed by atoms with van der Waals surface area (Å²) in [5.74, 6) is 0.903. The Hall–Kier alpha value is -1.46. The molecule has 104 valence electrons. The molecule has 1 aliphatic heterocycles. The number of primary amides is 1. The van der Waals surface area contributed by atoms with Crippen LogP contribution in [0.2, 0.25) is 5.02 Å². The third-order valence-corrected chi connectivity index (χ3v) is 3.30. The van der Waals surface area contributed by atoms with Crippen molar-refractivity contribution in [2.24, 2.45) is 11.5 Å². The third-order valence-electron chi connectivity index (χ3n) is 2.97. The lowest BCUT2D eigenvalue weighted by Crippen LogP contribution is -2.17. The molecule has 0 saturated carbocycles. The molecular weight excluding hydrogens is 268 g/mol. The fourth-order valence-electron chi connectivity index (χ4n) is 1.94. The molecule has 2 rings (SSSR count). The van der Waals surface area contributed by atoms with Gasteiger partial charge in [-0.25, -0.2) is 0 Å². The molecule has 1 amide bonds. The quantitative estimate of drug-likeness (QED) is 0.882. The lowest BCUT2D eigenvalue weighted by molar-refractivity contribution is -0.118. The summed E-state index contributed by atoms with van der Waals surface area (Å²) in [4.78, 5) is 10.8. The number of amides is 1. The normalized spacial score (nSPS) is 15.7. The second kappa shape index (κ2) is 6.12. The van der Waals surface area contributed by atoms with Gasteiger partial charge in [-0.15, -0.1) is 0 Å². The Balaban J connectivity index is 2.20. The summed E-state index contributed by atoms with van der Waals surface area (Å²) in [6, 6.07) is 3.15. The fourth-order valence-corrected chi connectivity index (χ4v) is 2.23. The third kappa shape index (κ3) is 3.52. The van der Waals surface area contributed by atoms with Gasteiger partial charge in [0, 0.05) is 30.0 Å². The number of hydrogen-bond acceptors (Lipinski definition) is 4. The highest BCUT2D eigenvalue weighted by atomic mass is 35.5. The van der Waals surface area contributed by atoms with E-state index in [4.69, 9.17) is 32.5 Å². The molecule has 0 bridgehead atoms. The second-order valence-corrected chi connectivity index (χ2v) is 4.89. The minimum absolute atomic E-state index is 0.228. The van der Waals surface area contributed by atoms with Crippen molar-refractivity contribution >= 4 is 17.5 Å². The topological polar surface area (TPSA) is 87.6 Å². The van der Waals surface area contributed by atoms with E-state index in [-0.39, 0.29) is 18.4 Å². The van der Waals surface area contributed by atoms with Gasteiger partial charge >= 0.3 is 0 Å². The van der Waals surface area contributed by atoms with Gasteiger partial charge in [-0.3, -0.25) is 4.79 Å². The number of benzene rings is 1. The first kappa shape index (κ1) is 14.0. The van der Waals surface area contributed by atoms with Gasteiger partial charge in [0.15, 0.2) is 11.5 Å². The van der Waals surface area contributed by atoms with Gasteiger partial charge in [-0.2, -0.15) is 0 Å². The molecule has 0 aliphatic carbocycles. The number of hydrogen-bond donors (Lipinski definition) is 2. The van der Waals surface area contributed by atoms with Crippen LogP contribution >= 0.6 is 11.6 Å². The van der Waals surface area contributed by atoms with E-state index >= 15 is 0 Å². The van der Waals surface area contributed by atoms with Crippen LogP contribution in [0.4, 0.5) is 0 Å². The molecule has 1 atom stereocenters. The SMILES string of the molecule is NC(=O)CCC(N)c1cc2c(cc1Cl)OCCCO2. The molecule has 4 N–H and O–H groups in total. The number of nitrogens with two attached hydrogens (primary N) is 2. The Morgan fingerprint density at radius 3 is 2.58 bits per heavy atom. The van der Waals surface area contributed by atoms with E-state index in [1.54, 1.807) is 12.1 Å². The number of halogens is 1. The zero-order valence-electron chi connectivity index (χ0n) is 10.5. The van der Waals surface area contributed by atoms with Crippen LogP contribution in [-0.2, 0) is 4.79 Å². The monoisotopic (exact) mass is 284 g/mol. The van der Waals surface area contributed by atoms with Gasteiger partial charge in [0.25, 0.3) is 0 Å². The molecule has 1 heterocycles. The highest BCUT2D eigenvalue weighted by Crippen LogP contribution is 2.37. The predicted molar refractivity (Wildman–Crippen MR) is 72.4 cm³/mol. The standard InChI is InChI=1S/C13H17ClN2O3/c14-9-7-12-11(18-4-1-5-19-12)6-8(9)10(15)2-3-13(16)17/h6-7,10H,1-5,15H2,(H2,16,17). The summed E-state index contributed by atoms with van der Waals surface area (Å²) in [6.07, 6.45) is 1.51. The van der Waals surface area contributed by atoms with Crippen molar-refractivity contribution in [3.05, 3.63) is 22.7 Å². The average molecular weight is 285 g/mol. The van der Waals surface area contributed by atoms with Crippen LogP contribution in [0.15, 0.2) is 12.1 Å². The first-order chi connectivity index (χ1) is 9.08. The van der Waals surface area contributed by atoms with Gasteiger partial charge in [0.1, 0.15) is 0 Å². The minimum atomic E-state index is -0.374. The summed E-state index contributed by atoms with van der Waals surface area (Å²) < 4.78 is 11.1. The first-order valence-electron chi connectivity index (χ1n) is 6.21. The zero-order chi connectivity index (χ0) is 13.8. The van der Waals surface area contributed by atoms with Crippen LogP contribution in [-0.4, -0.2) is 19.1 Å². The van der Waals surface area contributed by atoms with Crippen molar-refractivity contribution in [3.8, 4) is 11.5 Å². The molecule has 1 aromatic carbocycles. The van der Waals surface area contributed by atoms with Crippen molar-refractivity contribution in [1.29, 1.82) is 0 Å². The molecule has 6 heteroatoms. The van der Waals surface area contributed by atoms with Crippen LogP contribution in [0, 0.1) is 0 Å². The van der Waals surface area contributed by atoms with Crippen molar-refractivity contribution in [3.63, 3.8) is 0 Å². The highest BCUT2D eigenvalue weighted by molar-refractivity contribution is 6.31. The smallest absolute Gasteiger partial charge is 0.217 e. The van der Waals surface area contributed by atoms with Crippen molar-refractivity contribution in [1.82, 2.24) is 0 Å². The minimum Gasteiger partial charge on any atom is -0.490 e. The largest absolute Gasteiger partial charge is 0.490 e. The molecule has 0 spiro atoms. The molecule has 1 aromatic rings. The van der Waals surface area contributed by atoms with Crippen LogP contribution in [0.25, 0.3) is 0 Å². The van der Waals surface area contributed by atoms with Gasteiger partial charge < -0.3 is 20.9 Å². The molecule has 0 aromatic heterocycles. The van der Waals surface area contributed by atoms with Crippen LogP contribution < -0.4 is 20.9 Å². The molecule has 19 heavy (non-hydrogen) atoms. The molecule has 5 nitrogen and oxygen atoms in total. The number of ether oxygens (including phenoxy) is 2. The van der Waals surface area contributed by atoms with Gasteiger partial charge in [0.2, 0.25) is 5.91 Å². The van der Waals surface area contributed by atoms with Gasteiger partial charge in [0.05, 0.1) is 13.2 Å². The van der Waals surface area contributed by atoms with Crippen LogP contribution in [0.1, 0.15) is 30.9 Å². The summed E-state index contributed by atoms with van der Waals surface area (Å²) in [7, 11) is 0. The van der Waals surface area contributed by atoms with E-state index in [0.717, 1.165) is 12.0 Å². The molecule has 0 saturated heterocycles. The summed E-state index contributed by atoms with van der Waals surface area (Å²) in [5.41, 5.74) is 11.9. The number of fused-ring (bicyclic) bond motifs is 1. The predicted octanol–water partition coefficient (Wildman–Crippen LogP) is 1.77.